The maximum absolute atomic E-state index is 13.0. The highest BCUT2D eigenvalue weighted by Crippen LogP contribution is 2.29. The van der Waals surface area contributed by atoms with Crippen molar-refractivity contribution in [2.45, 2.75) is 44.2 Å². The van der Waals surface area contributed by atoms with E-state index in [1.165, 1.54) is 0 Å². The lowest BCUT2D eigenvalue weighted by Gasteiger charge is -2.24. The third-order valence-corrected chi connectivity index (χ3v) is 5.50. The van der Waals surface area contributed by atoms with Gasteiger partial charge >= 0.3 is 5.51 Å². The van der Waals surface area contributed by atoms with Crippen LogP contribution in [0.25, 0.3) is 0 Å². The van der Waals surface area contributed by atoms with Crippen LogP contribution in [0.15, 0.2) is 59.9 Å². The molecule has 0 bridgehead atoms. The van der Waals surface area contributed by atoms with Gasteiger partial charge in [-0.25, -0.2) is 8.51 Å². The van der Waals surface area contributed by atoms with Crippen LogP contribution in [-0.4, -0.2) is 39.9 Å². The normalized spacial score (nSPS) is 22.0. The fourth-order valence-electron chi connectivity index (χ4n) is 3.04. The largest absolute Gasteiger partial charge is 0.485 e. The molecule has 0 amide bonds. The van der Waals surface area contributed by atoms with Crippen molar-refractivity contribution in [3.8, 4) is 0 Å². The van der Waals surface area contributed by atoms with Gasteiger partial charge in [0.1, 0.15) is 6.79 Å². The van der Waals surface area contributed by atoms with Gasteiger partial charge in [0.25, 0.3) is 0 Å². The molecule has 0 radical (unpaired) electrons. The first-order valence-corrected chi connectivity index (χ1v) is 10.1. The zero-order valence-electron chi connectivity index (χ0n) is 16.0. The highest BCUT2D eigenvalue weighted by molar-refractivity contribution is 7.83. The van der Waals surface area contributed by atoms with Crippen LogP contribution >= 0.6 is 0 Å². The van der Waals surface area contributed by atoms with Crippen molar-refractivity contribution in [1.82, 2.24) is 9.62 Å². The van der Waals surface area contributed by atoms with Gasteiger partial charge in [-0.15, -0.1) is 0 Å². The van der Waals surface area contributed by atoms with Crippen LogP contribution in [0, 0.1) is 0 Å². The molecule has 2 unspecified atom stereocenters. The van der Waals surface area contributed by atoms with E-state index in [0.29, 0.717) is 12.8 Å². The average Bonchev–Trinajstić information content (AvgIpc) is 2.87. The molecule has 0 aromatic rings. The molecule has 28 heavy (non-hydrogen) atoms. The van der Waals surface area contributed by atoms with E-state index in [1.807, 2.05) is 44.1 Å². The van der Waals surface area contributed by atoms with Crippen LogP contribution in [0.2, 0.25) is 0 Å². The Bertz CT molecular complexity index is 681. The van der Waals surface area contributed by atoms with Crippen LogP contribution in [0.4, 0.5) is 13.2 Å². The van der Waals surface area contributed by atoms with Gasteiger partial charge in [0.05, 0.1) is 0 Å². The minimum Gasteiger partial charge on any atom is -0.381 e. The van der Waals surface area contributed by atoms with E-state index in [-0.39, 0.29) is 19.1 Å². The maximum atomic E-state index is 13.0. The summed E-state index contributed by atoms with van der Waals surface area (Å²) in [7, 11) is -3.01. The van der Waals surface area contributed by atoms with Gasteiger partial charge in [-0.2, -0.15) is 13.2 Å². The zero-order valence-corrected chi connectivity index (χ0v) is 16.8. The maximum Gasteiger partial charge on any atom is 0.485 e. The molecule has 4 nitrogen and oxygen atoms in total. The first-order chi connectivity index (χ1) is 13.3. The van der Waals surface area contributed by atoms with Crippen LogP contribution in [0.3, 0.4) is 0 Å². The summed E-state index contributed by atoms with van der Waals surface area (Å²) in [6, 6.07) is -0.217. The van der Waals surface area contributed by atoms with Crippen molar-refractivity contribution in [3.05, 3.63) is 59.9 Å². The van der Waals surface area contributed by atoms with Gasteiger partial charge in [0.2, 0.25) is 11.0 Å². The minimum absolute atomic E-state index is 0.0458. The number of carbonyl (C=O) groups excluding carboxylic acids is 1. The number of carbonyl (C=O) groups is 1. The lowest BCUT2D eigenvalue weighted by atomic mass is 10.0. The summed E-state index contributed by atoms with van der Waals surface area (Å²) in [4.78, 5) is 8.00. The van der Waals surface area contributed by atoms with Gasteiger partial charge in [-0.05, 0) is 43.8 Å². The minimum atomic E-state index is -4.74. The summed E-state index contributed by atoms with van der Waals surface area (Å²) in [6.07, 6.45) is 14.5. The Morgan fingerprint density at radius 3 is 2.64 bits per heavy atom. The summed E-state index contributed by atoms with van der Waals surface area (Å²) >= 11 is 0. The Morgan fingerprint density at radius 1 is 1.36 bits per heavy atom. The van der Waals surface area contributed by atoms with Gasteiger partial charge in [0.15, 0.2) is 0 Å². The van der Waals surface area contributed by atoms with Crippen molar-refractivity contribution in [2.24, 2.45) is 0 Å². The number of nitrogens with zero attached hydrogens (tertiary/aromatic N) is 1. The Balaban J connectivity index is 0.00000190. The number of nitrogens with one attached hydrogen (secondary N) is 1. The number of hydrogen-bond acceptors (Lipinski definition) is 3. The molecule has 0 aromatic carbocycles. The van der Waals surface area contributed by atoms with Gasteiger partial charge in [0, 0.05) is 24.8 Å². The zero-order chi connectivity index (χ0) is 21.2. The van der Waals surface area contributed by atoms with Crippen LogP contribution in [-0.2, 0) is 15.8 Å². The quantitative estimate of drug-likeness (QED) is 0.656. The molecule has 1 heterocycles. The monoisotopic (exact) mass is 416 g/mol. The number of rotatable bonds is 6. The third kappa shape index (κ3) is 7.24. The molecule has 2 aliphatic rings. The number of halogens is 3. The summed E-state index contributed by atoms with van der Waals surface area (Å²) in [5, 5.41) is 3.36. The molecule has 1 aliphatic heterocycles. The van der Waals surface area contributed by atoms with E-state index in [0.717, 1.165) is 34.0 Å². The lowest BCUT2D eigenvalue weighted by molar-refractivity contribution is -0.0980. The van der Waals surface area contributed by atoms with E-state index in [4.69, 9.17) is 4.79 Å². The highest BCUT2D eigenvalue weighted by Gasteiger charge is 2.43. The van der Waals surface area contributed by atoms with E-state index < -0.39 is 16.5 Å². The predicted molar refractivity (Wildman–Crippen MR) is 108 cm³/mol. The molecule has 156 valence electrons. The second-order valence-electron chi connectivity index (χ2n) is 6.29. The number of alkyl halides is 3. The smallest absolute Gasteiger partial charge is 0.381 e. The lowest BCUT2D eigenvalue weighted by Crippen LogP contribution is -2.42. The molecule has 2 rings (SSSR count). The van der Waals surface area contributed by atoms with Gasteiger partial charge < -0.3 is 10.1 Å². The van der Waals surface area contributed by atoms with Crippen molar-refractivity contribution < 1.29 is 22.2 Å². The van der Waals surface area contributed by atoms with Crippen LogP contribution in [0.5, 0.6) is 0 Å². The molecule has 0 aromatic heterocycles. The summed E-state index contributed by atoms with van der Waals surface area (Å²) in [5.74, 6) is 0. The summed E-state index contributed by atoms with van der Waals surface area (Å²) in [6.45, 7) is 7.82. The Labute approximate surface area is 167 Å². The molecule has 0 saturated carbocycles. The standard InChI is InChI=1S/C19H25F3N2OS.CH2O/c1-3-5-8-15(4-2)11-12-17-14-24(26(25)19(20,21)22)13-16-9-6-7-10-18(16)23-17;1-2/h3-5,8-10,17,23H,2,6-7,11-14H2,1H3;1H2/b5-3-,15-8+;. The fourth-order valence-corrected chi connectivity index (χ4v) is 3.91. The van der Waals surface area contributed by atoms with Crippen molar-refractivity contribution in [1.29, 1.82) is 0 Å². The summed E-state index contributed by atoms with van der Waals surface area (Å²) < 4.78 is 52.0. The third-order valence-electron chi connectivity index (χ3n) is 4.36. The predicted octanol–water partition coefficient (Wildman–Crippen LogP) is 4.33. The molecule has 1 aliphatic carbocycles. The number of hydrogen-bond donors (Lipinski definition) is 1. The van der Waals surface area contributed by atoms with E-state index >= 15 is 0 Å². The van der Waals surface area contributed by atoms with Gasteiger partial charge in [-0.3, -0.25) is 0 Å². The SMILES string of the molecule is C=C/C(=C\C=C/C)CCC1CN(S(=O)C(F)(F)F)CC2=CCCC=C2N1.C=O. The van der Waals surface area contributed by atoms with E-state index in [1.54, 1.807) is 6.08 Å². The Kier molecular flexibility index (Phi) is 10.2. The molecule has 8 heteroatoms. The Hall–Kier alpha value is -1.93. The molecule has 2 atom stereocenters. The average molecular weight is 417 g/mol. The topological polar surface area (TPSA) is 49.4 Å². The summed E-state index contributed by atoms with van der Waals surface area (Å²) in [5.41, 5.74) is -2.05. The van der Waals surface area contributed by atoms with E-state index in [9.17, 15) is 17.4 Å². The van der Waals surface area contributed by atoms with Crippen molar-refractivity contribution >= 4 is 17.8 Å². The fraction of sp³-hybridized carbons (Fsp3) is 0.450. The molecule has 0 spiro atoms. The van der Waals surface area contributed by atoms with Crippen LogP contribution in [0.1, 0.15) is 32.6 Å². The highest BCUT2D eigenvalue weighted by atomic mass is 32.2. The molecular formula is C20H27F3N2O2S. The molecule has 1 saturated heterocycles. The number of allylic oxidation sites excluding steroid dienone is 7. The van der Waals surface area contributed by atoms with Crippen molar-refractivity contribution in [3.63, 3.8) is 0 Å². The van der Waals surface area contributed by atoms with Crippen molar-refractivity contribution in [2.75, 3.05) is 13.1 Å². The molecular weight excluding hydrogens is 389 g/mol. The van der Waals surface area contributed by atoms with Crippen LogP contribution < -0.4 is 5.32 Å². The molecule has 1 fully saturated rings. The second kappa shape index (κ2) is 11.8. The first-order valence-electron chi connectivity index (χ1n) is 8.98. The van der Waals surface area contributed by atoms with E-state index in [2.05, 4.69) is 11.9 Å². The Morgan fingerprint density at radius 2 is 2.04 bits per heavy atom. The first kappa shape index (κ1) is 24.1. The van der Waals surface area contributed by atoms with Gasteiger partial charge in [-0.1, -0.05) is 43.0 Å². The molecule has 1 N–H and O–H groups in total. The number of fused-ring (bicyclic) bond motifs is 1. The second-order valence-corrected chi connectivity index (χ2v) is 7.77.